The van der Waals surface area contributed by atoms with Gasteiger partial charge in [-0.15, -0.1) is 0 Å². The summed E-state index contributed by atoms with van der Waals surface area (Å²) in [5.41, 5.74) is 0.787. The molecule has 0 radical (unpaired) electrons. The number of amides is 1. The topological polar surface area (TPSA) is 90.0 Å². The summed E-state index contributed by atoms with van der Waals surface area (Å²) in [5.74, 6) is 1.59. The molecule has 1 aromatic heterocycles. The van der Waals surface area contributed by atoms with Crippen molar-refractivity contribution in [1.29, 1.82) is 0 Å². The molecule has 0 spiro atoms. The molecular weight excluding hydrogens is 392 g/mol. The van der Waals surface area contributed by atoms with Gasteiger partial charge in [0.2, 0.25) is 5.91 Å². The van der Waals surface area contributed by atoms with Crippen molar-refractivity contribution in [3.05, 3.63) is 17.6 Å². The lowest BCUT2D eigenvalue weighted by molar-refractivity contribution is -0.128. The van der Waals surface area contributed by atoms with E-state index in [1.807, 2.05) is 38.9 Å². The van der Waals surface area contributed by atoms with Crippen molar-refractivity contribution in [3.63, 3.8) is 0 Å². The molecule has 1 amide bonds. The highest BCUT2D eigenvalue weighted by Crippen LogP contribution is 2.29. The van der Waals surface area contributed by atoms with Crippen LogP contribution in [0, 0.1) is 0 Å². The second-order valence-corrected chi connectivity index (χ2v) is 9.54. The normalized spacial score (nSPS) is 16.2. The van der Waals surface area contributed by atoms with Gasteiger partial charge in [0, 0.05) is 66.2 Å². The summed E-state index contributed by atoms with van der Waals surface area (Å²) >= 11 is 0. The quantitative estimate of drug-likeness (QED) is 0.622. The van der Waals surface area contributed by atoms with Gasteiger partial charge >= 0.3 is 0 Å². The highest BCUT2D eigenvalue weighted by Gasteiger charge is 2.33. The van der Waals surface area contributed by atoms with E-state index in [0.29, 0.717) is 45.6 Å². The predicted molar refractivity (Wildman–Crippen MR) is 114 cm³/mol. The summed E-state index contributed by atoms with van der Waals surface area (Å²) in [6, 6.07) is 1.89. The average molecular weight is 427 g/mol. The van der Waals surface area contributed by atoms with Gasteiger partial charge in [0.1, 0.15) is 11.6 Å². The summed E-state index contributed by atoms with van der Waals surface area (Å²) < 4.78 is 28.6. The lowest BCUT2D eigenvalue weighted by Gasteiger charge is -2.34. The van der Waals surface area contributed by atoms with E-state index in [-0.39, 0.29) is 11.8 Å². The van der Waals surface area contributed by atoms with Crippen LogP contribution in [0.3, 0.4) is 0 Å². The Kier molecular flexibility index (Phi) is 7.95. The molecule has 0 bridgehead atoms. The van der Waals surface area contributed by atoms with E-state index < -0.39 is 10.2 Å². The fraction of sp³-hybridized carbons (Fsp3) is 0.737. The van der Waals surface area contributed by atoms with Gasteiger partial charge in [-0.2, -0.15) is 17.0 Å². The third-order valence-corrected chi connectivity index (χ3v) is 7.54. The standard InChI is InChI=1S/C19H34N6O3S/c1-7-24(8-2)29(27,28)25-11-9-16(10-12-25)19-20-17(14-23(6)15(3)26)13-18(21-19)22(4)5/h13,16H,7-12,14H2,1-6H3. The Balaban J connectivity index is 2.19. The van der Waals surface area contributed by atoms with Gasteiger partial charge in [0.05, 0.1) is 12.2 Å². The fourth-order valence-electron chi connectivity index (χ4n) is 3.41. The Hall–Kier alpha value is -1.78. The molecule has 0 unspecified atom stereocenters. The van der Waals surface area contributed by atoms with Crippen molar-refractivity contribution in [1.82, 2.24) is 23.5 Å². The van der Waals surface area contributed by atoms with E-state index in [4.69, 9.17) is 9.97 Å². The first-order valence-electron chi connectivity index (χ1n) is 10.1. The smallest absolute Gasteiger partial charge is 0.281 e. The van der Waals surface area contributed by atoms with E-state index >= 15 is 0 Å². The van der Waals surface area contributed by atoms with Crippen LogP contribution in [0.1, 0.15) is 51.0 Å². The molecule has 1 aliphatic rings. The van der Waals surface area contributed by atoms with Gasteiger partial charge in [-0.1, -0.05) is 13.8 Å². The molecule has 9 nitrogen and oxygen atoms in total. The van der Waals surface area contributed by atoms with Crippen LogP contribution in [-0.2, 0) is 21.5 Å². The fourth-order valence-corrected chi connectivity index (χ4v) is 5.06. The monoisotopic (exact) mass is 426 g/mol. The number of hydrogen-bond donors (Lipinski definition) is 0. The van der Waals surface area contributed by atoms with Crippen LogP contribution >= 0.6 is 0 Å². The number of aromatic nitrogens is 2. The van der Waals surface area contributed by atoms with Gasteiger partial charge in [-0.25, -0.2) is 9.97 Å². The van der Waals surface area contributed by atoms with Gasteiger partial charge in [0.15, 0.2) is 0 Å². The van der Waals surface area contributed by atoms with Gasteiger partial charge in [-0.05, 0) is 12.8 Å². The number of hydrogen-bond acceptors (Lipinski definition) is 6. The molecular formula is C19H34N6O3S. The number of piperidine rings is 1. The molecule has 2 rings (SSSR count). The van der Waals surface area contributed by atoms with E-state index in [1.54, 1.807) is 16.3 Å². The summed E-state index contributed by atoms with van der Waals surface area (Å²) in [5, 5.41) is 0. The molecule has 1 saturated heterocycles. The average Bonchev–Trinajstić information content (AvgIpc) is 2.68. The number of anilines is 1. The van der Waals surface area contributed by atoms with E-state index in [0.717, 1.165) is 17.3 Å². The Morgan fingerprint density at radius 2 is 1.72 bits per heavy atom. The number of nitrogens with zero attached hydrogens (tertiary/aromatic N) is 6. The third-order valence-electron chi connectivity index (χ3n) is 5.35. The Morgan fingerprint density at radius 3 is 2.21 bits per heavy atom. The minimum absolute atomic E-state index is 0.0218. The molecule has 10 heteroatoms. The van der Waals surface area contributed by atoms with Crippen LogP contribution in [0.4, 0.5) is 5.82 Å². The van der Waals surface area contributed by atoms with Crippen molar-refractivity contribution in [3.8, 4) is 0 Å². The van der Waals surface area contributed by atoms with Crippen LogP contribution in [0.15, 0.2) is 6.07 Å². The molecule has 0 saturated carbocycles. The molecule has 0 atom stereocenters. The van der Waals surface area contributed by atoms with Gasteiger partial charge in [0.25, 0.3) is 10.2 Å². The molecule has 2 heterocycles. The van der Waals surface area contributed by atoms with Crippen LogP contribution in [0.25, 0.3) is 0 Å². The van der Waals surface area contributed by atoms with Gasteiger partial charge < -0.3 is 9.80 Å². The molecule has 29 heavy (non-hydrogen) atoms. The maximum absolute atomic E-state index is 12.8. The lowest BCUT2D eigenvalue weighted by atomic mass is 9.97. The maximum atomic E-state index is 12.8. The largest absolute Gasteiger partial charge is 0.363 e. The van der Waals surface area contributed by atoms with Crippen molar-refractivity contribution >= 4 is 21.9 Å². The van der Waals surface area contributed by atoms with Crippen molar-refractivity contribution < 1.29 is 13.2 Å². The Labute approximate surface area is 174 Å². The predicted octanol–water partition coefficient (Wildman–Crippen LogP) is 1.29. The Bertz CT molecular complexity index is 802. The van der Waals surface area contributed by atoms with E-state index in [1.165, 1.54) is 11.2 Å². The van der Waals surface area contributed by atoms with Crippen LogP contribution in [0.5, 0.6) is 0 Å². The zero-order chi connectivity index (χ0) is 21.8. The second-order valence-electron chi connectivity index (χ2n) is 7.61. The molecule has 164 valence electrons. The van der Waals surface area contributed by atoms with Crippen LogP contribution in [-0.4, -0.2) is 85.1 Å². The number of carbonyl (C=O) groups is 1. The van der Waals surface area contributed by atoms with Crippen LogP contribution < -0.4 is 4.90 Å². The minimum atomic E-state index is -3.41. The highest BCUT2D eigenvalue weighted by molar-refractivity contribution is 7.86. The lowest BCUT2D eigenvalue weighted by Crippen LogP contribution is -2.46. The van der Waals surface area contributed by atoms with Gasteiger partial charge in [-0.3, -0.25) is 4.79 Å². The summed E-state index contributed by atoms with van der Waals surface area (Å²) in [7, 11) is 2.18. The second kappa shape index (κ2) is 9.82. The maximum Gasteiger partial charge on any atom is 0.281 e. The SMILES string of the molecule is CCN(CC)S(=O)(=O)N1CCC(c2nc(CN(C)C(C)=O)cc(N(C)C)n2)CC1. The molecule has 1 aliphatic heterocycles. The summed E-state index contributed by atoms with van der Waals surface area (Å²) in [6.07, 6.45) is 1.36. The number of carbonyl (C=O) groups excluding carboxylic acids is 1. The van der Waals surface area contributed by atoms with Crippen LogP contribution in [0.2, 0.25) is 0 Å². The molecule has 0 aliphatic carbocycles. The number of rotatable bonds is 8. The third kappa shape index (κ3) is 5.64. The van der Waals surface area contributed by atoms with E-state index in [2.05, 4.69) is 0 Å². The highest BCUT2D eigenvalue weighted by atomic mass is 32.2. The molecule has 0 aromatic carbocycles. The molecule has 1 fully saturated rings. The summed E-state index contributed by atoms with van der Waals surface area (Å²) in [4.78, 5) is 24.5. The van der Waals surface area contributed by atoms with Crippen molar-refractivity contribution in [2.24, 2.45) is 0 Å². The summed E-state index contributed by atoms with van der Waals surface area (Å²) in [6.45, 7) is 7.52. The first-order valence-corrected chi connectivity index (χ1v) is 11.5. The van der Waals surface area contributed by atoms with Crippen molar-refractivity contribution in [2.45, 2.75) is 46.1 Å². The Morgan fingerprint density at radius 1 is 1.14 bits per heavy atom. The molecule has 0 N–H and O–H groups in total. The first-order chi connectivity index (χ1) is 13.6. The molecule has 1 aromatic rings. The minimum Gasteiger partial charge on any atom is -0.363 e. The van der Waals surface area contributed by atoms with E-state index in [9.17, 15) is 13.2 Å². The zero-order valence-corrected chi connectivity index (χ0v) is 19.2. The zero-order valence-electron chi connectivity index (χ0n) is 18.4. The van der Waals surface area contributed by atoms with Crippen molar-refractivity contribution in [2.75, 3.05) is 52.2 Å². The first kappa shape index (κ1) is 23.5.